The lowest BCUT2D eigenvalue weighted by molar-refractivity contribution is 0.0698. The van der Waals surface area contributed by atoms with Gasteiger partial charge in [-0.05, 0) is 31.5 Å². The second-order valence-electron chi connectivity index (χ2n) is 6.07. The molecule has 0 atom stereocenters. The van der Waals surface area contributed by atoms with Gasteiger partial charge in [-0.25, -0.2) is 0 Å². The molecule has 1 aliphatic rings. The first-order chi connectivity index (χ1) is 12.1. The smallest absolute Gasteiger partial charge is 0.289 e. The third-order valence-electron chi connectivity index (χ3n) is 4.46. The number of carbonyl (C=O) groups is 2. The maximum absolute atomic E-state index is 12.8. The van der Waals surface area contributed by atoms with Crippen molar-refractivity contribution in [2.45, 2.75) is 13.3 Å². The Balaban J connectivity index is 1.70. The van der Waals surface area contributed by atoms with Gasteiger partial charge in [-0.1, -0.05) is 12.1 Å². The number of ether oxygens (including phenoxy) is 1. The molecular formula is C19H22N2O4. The zero-order chi connectivity index (χ0) is 17.8. The summed E-state index contributed by atoms with van der Waals surface area (Å²) < 4.78 is 10.6. The van der Waals surface area contributed by atoms with E-state index in [-0.39, 0.29) is 11.8 Å². The van der Waals surface area contributed by atoms with Gasteiger partial charge in [0.25, 0.3) is 11.8 Å². The molecule has 2 heterocycles. The summed E-state index contributed by atoms with van der Waals surface area (Å²) in [6.45, 7) is 4.04. The summed E-state index contributed by atoms with van der Waals surface area (Å²) in [6.07, 6.45) is 2.25. The molecule has 0 spiro atoms. The number of nitrogens with zero attached hydrogens (tertiary/aromatic N) is 2. The molecular weight excluding hydrogens is 320 g/mol. The minimum absolute atomic E-state index is 0.0686. The van der Waals surface area contributed by atoms with Crippen molar-refractivity contribution < 1.29 is 18.7 Å². The van der Waals surface area contributed by atoms with Gasteiger partial charge in [0.2, 0.25) is 0 Å². The molecule has 1 aromatic carbocycles. The Morgan fingerprint density at radius 1 is 1.00 bits per heavy atom. The summed E-state index contributed by atoms with van der Waals surface area (Å²) in [7, 11) is 1.56. The highest BCUT2D eigenvalue weighted by Gasteiger charge is 2.26. The topological polar surface area (TPSA) is 63.0 Å². The zero-order valence-corrected chi connectivity index (χ0v) is 14.5. The molecule has 0 radical (unpaired) electrons. The summed E-state index contributed by atoms with van der Waals surface area (Å²) in [5.74, 6) is 0.760. The molecule has 0 saturated carbocycles. The Labute approximate surface area is 147 Å². The van der Waals surface area contributed by atoms with E-state index in [1.165, 1.54) is 6.26 Å². The van der Waals surface area contributed by atoms with E-state index in [0.29, 0.717) is 43.3 Å². The number of amides is 2. The number of hydrogen-bond donors (Lipinski definition) is 0. The summed E-state index contributed by atoms with van der Waals surface area (Å²) in [4.78, 5) is 28.9. The third kappa shape index (κ3) is 3.52. The second kappa shape index (κ2) is 7.42. The molecule has 0 N–H and O–H groups in total. The van der Waals surface area contributed by atoms with Crippen molar-refractivity contribution in [3.8, 4) is 5.75 Å². The largest absolute Gasteiger partial charge is 0.496 e. The van der Waals surface area contributed by atoms with Crippen LogP contribution < -0.4 is 4.74 Å². The van der Waals surface area contributed by atoms with Gasteiger partial charge in [0.05, 0.1) is 18.9 Å². The highest BCUT2D eigenvalue weighted by Crippen LogP contribution is 2.21. The van der Waals surface area contributed by atoms with Crippen LogP contribution in [0.1, 0.15) is 32.9 Å². The highest BCUT2D eigenvalue weighted by atomic mass is 16.5. The molecule has 6 heteroatoms. The van der Waals surface area contributed by atoms with Crippen LogP contribution in [0.4, 0.5) is 0 Å². The van der Waals surface area contributed by atoms with Crippen molar-refractivity contribution in [1.29, 1.82) is 0 Å². The SMILES string of the molecule is COc1ccccc1C(=O)N1CCCN(C(=O)c2occc2C)CC1. The zero-order valence-electron chi connectivity index (χ0n) is 14.5. The van der Waals surface area contributed by atoms with Crippen molar-refractivity contribution in [1.82, 2.24) is 9.80 Å². The van der Waals surface area contributed by atoms with E-state index in [4.69, 9.17) is 9.15 Å². The lowest BCUT2D eigenvalue weighted by Gasteiger charge is -2.22. The number of rotatable bonds is 3. The Kier molecular flexibility index (Phi) is 5.07. The van der Waals surface area contributed by atoms with Gasteiger partial charge < -0.3 is 19.0 Å². The fourth-order valence-corrected chi connectivity index (χ4v) is 3.05. The van der Waals surface area contributed by atoms with Gasteiger partial charge in [0.1, 0.15) is 5.75 Å². The Morgan fingerprint density at radius 2 is 1.68 bits per heavy atom. The molecule has 2 aromatic rings. The number of aryl methyl sites for hydroxylation is 1. The van der Waals surface area contributed by atoms with E-state index in [9.17, 15) is 9.59 Å². The highest BCUT2D eigenvalue weighted by molar-refractivity contribution is 5.97. The standard InChI is InChI=1S/C19H22N2O4/c1-14-8-13-25-17(14)19(23)21-10-5-9-20(11-12-21)18(22)15-6-3-4-7-16(15)24-2/h3-4,6-8,13H,5,9-12H2,1-2H3. The maximum atomic E-state index is 12.8. The maximum Gasteiger partial charge on any atom is 0.289 e. The molecule has 0 aliphatic carbocycles. The van der Waals surface area contributed by atoms with Gasteiger partial charge >= 0.3 is 0 Å². The lowest BCUT2D eigenvalue weighted by atomic mass is 10.1. The van der Waals surface area contributed by atoms with Crippen LogP contribution in [0.15, 0.2) is 41.0 Å². The Morgan fingerprint density at radius 3 is 2.32 bits per heavy atom. The van der Waals surface area contributed by atoms with Crippen LogP contribution in [-0.4, -0.2) is 54.9 Å². The van der Waals surface area contributed by atoms with E-state index < -0.39 is 0 Å². The van der Waals surface area contributed by atoms with Gasteiger partial charge in [0, 0.05) is 31.7 Å². The quantitative estimate of drug-likeness (QED) is 0.860. The van der Waals surface area contributed by atoms with Gasteiger partial charge in [-0.3, -0.25) is 9.59 Å². The Bertz CT molecular complexity index is 768. The molecule has 25 heavy (non-hydrogen) atoms. The minimum atomic E-state index is -0.117. The van der Waals surface area contributed by atoms with Crippen LogP contribution in [0.25, 0.3) is 0 Å². The number of carbonyl (C=O) groups excluding carboxylic acids is 2. The molecule has 1 fully saturated rings. The first-order valence-corrected chi connectivity index (χ1v) is 8.37. The number of furan rings is 1. The van der Waals surface area contributed by atoms with E-state index in [1.54, 1.807) is 35.1 Å². The van der Waals surface area contributed by atoms with Crippen molar-refractivity contribution in [2.75, 3.05) is 33.3 Å². The lowest BCUT2D eigenvalue weighted by Crippen LogP contribution is -2.37. The van der Waals surface area contributed by atoms with Crippen LogP contribution in [0.3, 0.4) is 0 Å². The van der Waals surface area contributed by atoms with Gasteiger partial charge in [0.15, 0.2) is 5.76 Å². The summed E-state index contributed by atoms with van der Waals surface area (Å²) in [6, 6.07) is 8.98. The molecule has 1 saturated heterocycles. The van der Waals surface area contributed by atoms with Crippen LogP contribution in [0.2, 0.25) is 0 Å². The van der Waals surface area contributed by atoms with Crippen molar-refractivity contribution in [2.24, 2.45) is 0 Å². The molecule has 0 unspecified atom stereocenters. The van der Waals surface area contributed by atoms with Crippen molar-refractivity contribution >= 4 is 11.8 Å². The van der Waals surface area contributed by atoms with E-state index in [1.807, 2.05) is 19.1 Å². The fourth-order valence-electron chi connectivity index (χ4n) is 3.05. The molecule has 0 bridgehead atoms. The Hall–Kier alpha value is -2.76. The first-order valence-electron chi connectivity index (χ1n) is 8.37. The first kappa shape index (κ1) is 17.1. The predicted molar refractivity (Wildman–Crippen MR) is 92.9 cm³/mol. The monoisotopic (exact) mass is 342 g/mol. The summed E-state index contributed by atoms with van der Waals surface area (Å²) in [5, 5.41) is 0. The molecule has 6 nitrogen and oxygen atoms in total. The van der Waals surface area contributed by atoms with Crippen molar-refractivity contribution in [3.63, 3.8) is 0 Å². The van der Waals surface area contributed by atoms with E-state index in [0.717, 1.165) is 12.0 Å². The number of benzene rings is 1. The molecule has 132 valence electrons. The van der Waals surface area contributed by atoms with E-state index in [2.05, 4.69) is 0 Å². The molecule has 1 aliphatic heterocycles. The van der Waals surface area contributed by atoms with E-state index >= 15 is 0 Å². The van der Waals surface area contributed by atoms with Crippen LogP contribution >= 0.6 is 0 Å². The predicted octanol–water partition coefficient (Wildman–Crippen LogP) is 2.58. The summed E-state index contributed by atoms with van der Waals surface area (Å²) >= 11 is 0. The fraction of sp³-hybridized carbons (Fsp3) is 0.368. The molecule has 3 rings (SSSR count). The molecule has 2 amide bonds. The normalized spacial score (nSPS) is 15.0. The average Bonchev–Trinajstić information content (AvgIpc) is 2.92. The van der Waals surface area contributed by atoms with Gasteiger partial charge in [-0.15, -0.1) is 0 Å². The van der Waals surface area contributed by atoms with Crippen molar-refractivity contribution in [3.05, 3.63) is 53.5 Å². The van der Waals surface area contributed by atoms with Crippen LogP contribution in [0, 0.1) is 6.92 Å². The number of para-hydroxylation sites is 1. The number of hydrogen-bond acceptors (Lipinski definition) is 4. The van der Waals surface area contributed by atoms with Crippen LogP contribution in [0.5, 0.6) is 5.75 Å². The summed E-state index contributed by atoms with van der Waals surface area (Å²) in [5.41, 5.74) is 1.38. The average molecular weight is 342 g/mol. The minimum Gasteiger partial charge on any atom is -0.496 e. The third-order valence-corrected chi connectivity index (χ3v) is 4.46. The molecule has 1 aromatic heterocycles. The number of methoxy groups -OCH3 is 1. The van der Waals surface area contributed by atoms with Crippen LogP contribution in [-0.2, 0) is 0 Å². The van der Waals surface area contributed by atoms with Gasteiger partial charge in [-0.2, -0.15) is 0 Å². The second-order valence-corrected chi connectivity index (χ2v) is 6.07.